The molecule has 2 nitrogen and oxygen atoms in total. The number of hydrogen-bond acceptors (Lipinski definition) is 2. The van der Waals surface area contributed by atoms with Gasteiger partial charge in [-0.25, -0.2) is 4.39 Å². The van der Waals surface area contributed by atoms with Gasteiger partial charge in [-0.1, -0.05) is 25.3 Å². The van der Waals surface area contributed by atoms with Gasteiger partial charge in [-0.15, -0.1) is 0 Å². The minimum atomic E-state index is -4.59. The van der Waals surface area contributed by atoms with Gasteiger partial charge in [-0.2, -0.15) is 13.2 Å². The second-order valence-corrected chi connectivity index (χ2v) is 5.65. The molecule has 2 rings (SSSR count). The normalized spacial score (nSPS) is 18.7. The van der Waals surface area contributed by atoms with Gasteiger partial charge in [0.25, 0.3) is 0 Å². The molecule has 0 atom stereocenters. The maximum absolute atomic E-state index is 13.1. The number of aliphatic hydroxyl groups is 1. The minimum absolute atomic E-state index is 0.00213. The van der Waals surface area contributed by atoms with E-state index >= 15 is 0 Å². The lowest BCUT2D eigenvalue weighted by Gasteiger charge is -2.37. The van der Waals surface area contributed by atoms with E-state index in [-0.39, 0.29) is 18.7 Å². The molecule has 1 aliphatic carbocycles. The molecule has 0 unspecified atom stereocenters. The van der Waals surface area contributed by atoms with Crippen LogP contribution in [-0.4, -0.2) is 17.3 Å². The molecule has 0 spiro atoms. The fourth-order valence-corrected chi connectivity index (χ4v) is 2.87. The zero-order valence-corrected chi connectivity index (χ0v) is 11.6. The van der Waals surface area contributed by atoms with Gasteiger partial charge in [0.05, 0.1) is 12.2 Å². The standard InChI is InChI=1S/C15H19F4NO/c16-12-5-4-11(13(8-12)15(17,18)19)9-20-14(10-21)6-2-1-3-7-14/h4-5,8,20-21H,1-3,6-7,9-10H2. The van der Waals surface area contributed by atoms with Crippen LogP contribution in [0.1, 0.15) is 43.2 Å². The van der Waals surface area contributed by atoms with Crippen LogP contribution in [0, 0.1) is 5.82 Å². The fourth-order valence-electron chi connectivity index (χ4n) is 2.87. The topological polar surface area (TPSA) is 32.3 Å². The van der Waals surface area contributed by atoms with Gasteiger partial charge in [0.1, 0.15) is 5.82 Å². The molecule has 0 amide bonds. The molecular formula is C15H19F4NO. The Balaban J connectivity index is 2.16. The summed E-state index contributed by atoms with van der Waals surface area (Å²) in [6, 6.07) is 2.70. The van der Waals surface area contributed by atoms with Crippen molar-refractivity contribution in [3.63, 3.8) is 0 Å². The fraction of sp³-hybridized carbons (Fsp3) is 0.600. The first kappa shape index (κ1) is 16.2. The molecule has 0 saturated heterocycles. The molecule has 0 aliphatic heterocycles. The summed E-state index contributed by atoms with van der Waals surface area (Å²) in [5.41, 5.74) is -1.48. The Hall–Kier alpha value is -1.14. The van der Waals surface area contributed by atoms with Crippen molar-refractivity contribution < 1.29 is 22.7 Å². The molecule has 0 radical (unpaired) electrons. The summed E-state index contributed by atoms with van der Waals surface area (Å²) in [6.07, 6.45) is -0.129. The molecule has 0 heterocycles. The highest BCUT2D eigenvalue weighted by Crippen LogP contribution is 2.33. The van der Waals surface area contributed by atoms with E-state index < -0.39 is 23.1 Å². The number of aliphatic hydroxyl groups excluding tert-OH is 1. The summed E-state index contributed by atoms with van der Waals surface area (Å²) in [5, 5.41) is 12.6. The van der Waals surface area contributed by atoms with Crippen LogP contribution in [0.25, 0.3) is 0 Å². The summed E-state index contributed by atoms with van der Waals surface area (Å²) >= 11 is 0. The van der Waals surface area contributed by atoms with Crippen molar-refractivity contribution in [2.75, 3.05) is 6.61 Å². The van der Waals surface area contributed by atoms with Crippen molar-refractivity contribution in [2.45, 2.75) is 50.4 Å². The Morgan fingerprint density at radius 2 is 1.81 bits per heavy atom. The summed E-state index contributed by atoms with van der Waals surface area (Å²) < 4.78 is 51.8. The van der Waals surface area contributed by atoms with E-state index in [9.17, 15) is 22.7 Å². The molecule has 1 aliphatic rings. The van der Waals surface area contributed by atoms with Gasteiger partial charge in [0.15, 0.2) is 0 Å². The highest BCUT2D eigenvalue weighted by molar-refractivity contribution is 5.30. The van der Waals surface area contributed by atoms with Crippen LogP contribution < -0.4 is 5.32 Å². The van der Waals surface area contributed by atoms with Crippen LogP contribution in [0.5, 0.6) is 0 Å². The first-order valence-electron chi connectivity index (χ1n) is 7.08. The third-order valence-corrected chi connectivity index (χ3v) is 4.14. The van der Waals surface area contributed by atoms with Crippen LogP contribution >= 0.6 is 0 Å². The lowest BCUT2D eigenvalue weighted by Crippen LogP contribution is -2.49. The molecule has 1 saturated carbocycles. The second-order valence-electron chi connectivity index (χ2n) is 5.65. The molecular weight excluding hydrogens is 286 g/mol. The molecule has 0 bridgehead atoms. The van der Waals surface area contributed by atoms with Crippen LogP contribution in [0.2, 0.25) is 0 Å². The van der Waals surface area contributed by atoms with Gasteiger partial charge in [0.2, 0.25) is 0 Å². The largest absolute Gasteiger partial charge is 0.416 e. The SMILES string of the molecule is OCC1(NCc2ccc(F)cc2C(F)(F)F)CCCCC1. The molecule has 118 valence electrons. The molecule has 0 aromatic heterocycles. The van der Waals surface area contributed by atoms with E-state index in [0.29, 0.717) is 6.07 Å². The maximum atomic E-state index is 13.1. The summed E-state index contributed by atoms with van der Waals surface area (Å²) in [4.78, 5) is 0. The molecule has 6 heteroatoms. The molecule has 1 aromatic rings. The Bertz CT molecular complexity index is 481. The predicted octanol–water partition coefficient (Wildman–Crippen LogP) is 3.63. The Morgan fingerprint density at radius 3 is 2.38 bits per heavy atom. The Kier molecular flexibility index (Phi) is 4.88. The van der Waals surface area contributed by atoms with Crippen LogP contribution in [0.3, 0.4) is 0 Å². The predicted molar refractivity (Wildman–Crippen MR) is 71.1 cm³/mol. The Morgan fingerprint density at radius 1 is 1.14 bits per heavy atom. The summed E-state index contributed by atoms with van der Waals surface area (Å²) in [7, 11) is 0. The van der Waals surface area contributed by atoms with Gasteiger partial charge in [0, 0.05) is 12.1 Å². The quantitative estimate of drug-likeness (QED) is 0.833. The molecule has 2 N–H and O–H groups in total. The third-order valence-electron chi connectivity index (χ3n) is 4.14. The highest BCUT2D eigenvalue weighted by Gasteiger charge is 2.35. The number of alkyl halides is 3. The number of hydrogen-bond donors (Lipinski definition) is 2. The first-order chi connectivity index (χ1) is 9.86. The average molecular weight is 305 g/mol. The van der Waals surface area contributed by atoms with Crippen molar-refractivity contribution in [3.8, 4) is 0 Å². The van der Waals surface area contributed by atoms with Crippen molar-refractivity contribution in [1.29, 1.82) is 0 Å². The number of rotatable bonds is 4. The molecule has 1 fully saturated rings. The van der Waals surface area contributed by atoms with Crippen molar-refractivity contribution in [3.05, 3.63) is 35.1 Å². The van der Waals surface area contributed by atoms with Crippen LogP contribution in [0.4, 0.5) is 17.6 Å². The van der Waals surface area contributed by atoms with Gasteiger partial charge in [-0.3, -0.25) is 0 Å². The van der Waals surface area contributed by atoms with Gasteiger partial charge >= 0.3 is 6.18 Å². The maximum Gasteiger partial charge on any atom is 0.416 e. The number of nitrogens with one attached hydrogen (secondary N) is 1. The van der Waals surface area contributed by atoms with Crippen LogP contribution in [-0.2, 0) is 12.7 Å². The van der Waals surface area contributed by atoms with Crippen molar-refractivity contribution in [2.24, 2.45) is 0 Å². The van der Waals surface area contributed by atoms with Gasteiger partial charge in [-0.05, 0) is 30.5 Å². The van der Waals surface area contributed by atoms with Crippen LogP contribution in [0.15, 0.2) is 18.2 Å². The average Bonchev–Trinajstić information content (AvgIpc) is 2.46. The summed E-state index contributed by atoms with van der Waals surface area (Å²) in [6.45, 7) is -0.134. The lowest BCUT2D eigenvalue weighted by molar-refractivity contribution is -0.138. The highest BCUT2D eigenvalue weighted by atomic mass is 19.4. The Labute approximate surface area is 121 Å². The van der Waals surface area contributed by atoms with E-state index in [1.54, 1.807) is 0 Å². The first-order valence-corrected chi connectivity index (χ1v) is 7.08. The molecule has 21 heavy (non-hydrogen) atoms. The second kappa shape index (κ2) is 6.32. The lowest BCUT2D eigenvalue weighted by atomic mass is 9.82. The van der Waals surface area contributed by atoms with E-state index in [1.807, 2.05) is 0 Å². The monoisotopic (exact) mass is 305 g/mol. The van der Waals surface area contributed by atoms with E-state index in [0.717, 1.165) is 44.2 Å². The number of halogens is 4. The van der Waals surface area contributed by atoms with E-state index in [4.69, 9.17) is 0 Å². The number of benzene rings is 1. The smallest absolute Gasteiger partial charge is 0.394 e. The van der Waals surface area contributed by atoms with E-state index in [1.165, 1.54) is 0 Å². The zero-order valence-electron chi connectivity index (χ0n) is 11.6. The van der Waals surface area contributed by atoms with Gasteiger partial charge < -0.3 is 10.4 Å². The van der Waals surface area contributed by atoms with Crippen molar-refractivity contribution >= 4 is 0 Å². The van der Waals surface area contributed by atoms with Crippen molar-refractivity contribution in [1.82, 2.24) is 5.32 Å². The zero-order chi connectivity index (χ0) is 15.5. The minimum Gasteiger partial charge on any atom is -0.394 e. The molecule has 1 aromatic carbocycles. The van der Waals surface area contributed by atoms with E-state index in [2.05, 4.69) is 5.32 Å². The third kappa shape index (κ3) is 3.95. The summed E-state index contributed by atoms with van der Waals surface area (Å²) in [5.74, 6) is -0.902.